The first-order chi connectivity index (χ1) is 10.7. The topological polar surface area (TPSA) is 34.0 Å². The maximum atomic E-state index is 6.02. The van der Waals surface area contributed by atoms with E-state index in [1.807, 2.05) is 30.5 Å². The molecule has 1 atom stereocenters. The van der Waals surface area contributed by atoms with Crippen LogP contribution in [0, 0.1) is 0 Å². The predicted molar refractivity (Wildman–Crippen MR) is 92.0 cm³/mol. The Hall–Kier alpha value is -1.04. The number of benzene rings is 1. The van der Waals surface area contributed by atoms with E-state index >= 15 is 0 Å². The van der Waals surface area contributed by atoms with Crippen molar-refractivity contribution >= 4 is 23.4 Å². The second-order valence-corrected chi connectivity index (χ2v) is 6.84. The maximum Gasteiger partial charge on any atom is 0.195 e. The highest BCUT2D eigenvalue weighted by Gasteiger charge is 2.25. The average molecular weight is 337 g/mol. The molecule has 0 bridgehead atoms. The van der Waals surface area contributed by atoms with Crippen LogP contribution in [0.4, 0.5) is 0 Å². The molecule has 1 saturated heterocycles. The van der Waals surface area contributed by atoms with Crippen molar-refractivity contribution in [3.8, 4) is 5.69 Å². The molecule has 1 aliphatic rings. The Labute approximate surface area is 140 Å². The van der Waals surface area contributed by atoms with Crippen molar-refractivity contribution in [1.82, 2.24) is 19.7 Å². The Bertz CT molecular complexity index is 620. The van der Waals surface area contributed by atoms with E-state index in [1.54, 1.807) is 11.8 Å². The van der Waals surface area contributed by atoms with Gasteiger partial charge in [0.2, 0.25) is 0 Å². The third kappa shape index (κ3) is 3.16. The molecule has 0 amide bonds. The van der Waals surface area contributed by atoms with Crippen LogP contribution in [-0.4, -0.2) is 39.0 Å². The lowest BCUT2D eigenvalue weighted by Crippen LogP contribution is -2.33. The summed E-state index contributed by atoms with van der Waals surface area (Å²) in [4.78, 5) is 2.50. The van der Waals surface area contributed by atoms with E-state index in [-0.39, 0.29) is 6.04 Å². The number of halogens is 1. The maximum absolute atomic E-state index is 6.02. The highest BCUT2D eigenvalue weighted by molar-refractivity contribution is 7.98. The summed E-state index contributed by atoms with van der Waals surface area (Å²) in [5, 5.41) is 10.5. The van der Waals surface area contributed by atoms with Gasteiger partial charge in [0, 0.05) is 10.7 Å². The molecule has 118 valence electrons. The molecule has 1 unspecified atom stereocenters. The molecule has 1 fully saturated rings. The summed E-state index contributed by atoms with van der Waals surface area (Å²) >= 11 is 7.63. The molecule has 0 aliphatic carbocycles. The van der Waals surface area contributed by atoms with Gasteiger partial charge in [0.1, 0.15) is 0 Å². The van der Waals surface area contributed by atoms with Crippen molar-refractivity contribution in [2.45, 2.75) is 37.4 Å². The Morgan fingerprint density at radius 1 is 1.09 bits per heavy atom. The van der Waals surface area contributed by atoms with E-state index in [0.29, 0.717) is 0 Å². The summed E-state index contributed by atoms with van der Waals surface area (Å²) in [6.07, 6.45) is 5.92. The summed E-state index contributed by atoms with van der Waals surface area (Å²) < 4.78 is 2.15. The third-order valence-electron chi connectivity index (χ3n) is 4.24. The third-order valence-corrected chi connectivity index (χ3v) is 5.12. The molecule has 0 spiro atoms. The number of piperidine rings is 1. The van der Waals surface area contributed by atoms with E-state index in [1.165, 1.54) is 19.3 Å². The highest BCUT2D eigenvalue weighted by Crippen LogP contribution is 2.28. The van der Waals surface area contributed by atoms with Gasteiger partial charge in [-0.25, -0.2) is 0 Å². The Morgan fingerprint density at radius 3 is 2.41 bits per heavy atom. The van der Waals surface area contributed by atoms with Crippen LogP contribution in [0.5, 0.6) is 0 Å². The molecule has 0 N–H and O–H groups in total. The van der Waals surface area contributed by atoms with E-state index in [4.69, 9.17) is 11.6 Å². The van der Waals surface area contributed by atoms with Gasteiger partial charge in [-0.3, -0.25) is 9.47 Å². The molecule has 2 aromatic rings. The first-order valence-corrected chi connectivity index (χ1v) is 9.30. The van der Waals surface area contributed by atoms with Crippen LogP contribution in [0.25, 0.3) is 5.69 Å². The first kappa shape index (κ1) is 15.8. The summed E-state index contributed by atoms with van der Waals surface area (Å²) in [7, 11) is 0. The van der Waals surface area contributed by atoms with Crippen LogP contribution < -0.4 is 0 Å². The fourth-order valence-electron chi connectivity index (χ4n) is 2.99. The molecule has 4 nitrogen and oxygen atoms in total. The van der Waals surface area contributed by atoms with Gasteiger partial charge in [-0.15, -0.1) is 10.2 Å². The van der Waals surface area contributed by atoms with Crippen molar-refractivity contribution in [3.63, 3.8) is 0 Å². The van der Waals surface area contributed by atoms with Crippen molar-refractivity contribution in [2.75, 3.05) is 19.3 Å². The zero-order valence-electron chi connectivity index (χ0n) is 13.0. The van der Waals surface area contributed by atoms with Gasteiger partial charge >= 0.3 is 0 Å². The number of likely N-dealkylation sites (tertiary alicyclic amines) is 1. The number of hydrogen-bond donors (Lipinski definition) is 0. The molecule has 3 rings (SSSR count). The largest absolute Gasteiger partial charge is 0.294 e. The zero-order chi connectivity index (χ0) is 15.5. The van der Waals surface area contributed by atoms with Gasteiger partial charge in [0.05, 0.1) is 6.04 Å². The molecular formula is C16H21ClN4S. The van der Waals surface area contributed by atoms with Crippen LogP contribution in [-0.2, 0) is 0 Å². The lowest BCUT2D eigenvalue weighted by atomic mass is 10.1. The summed E-state index contributed by atoms with van der Waals surface area (Å²) in [5.41, 5.74) is 1.07. The lowest BCUT2D eigenvalue weighted by molar-refractivity contribution is 0.167. The average Bonchev–Trinajstić information content (AvgIpc) is 2.99. The molecule has 1 aromatic heterocycles. The SMILES string of the molecule is CSc1nnc(C(C)N2CCCCC2)n1-c1ccc(Cl)cc1. The Balaban J connectivity index is 1.97. The van der Waals surface area contributed by atoms with E-state index in [2.05, 4.69) is 26.6 Å². The van der Waals surface area contributed by atoms with Gasteiger partial charge in [0.15, 0.2) is 11.0 Å². The molecule has 0 radical (unpaired) electrons. The highest BCUT2D eigenvalue weighted by atomic mass is 35.5. The van der Waals surface area contributed by atoms with E-state index in [0.717, 1.165) is 34.8 Å². The van der Waals surface area contributed by atoms with Crippen LogP contribution in [0.15, 0.2) is 29.4 Å². The zero-order valence-corrected chi connectivity index (χ0v) is 14.6. The van der Waals surface area contributed by atoms with E-state index in [9.17, 15) is 0 Å². The lowest BCUT2D eigenvalue weighted by Gasteiger charge is -2.31. The molecule has 1 aliphatic heterocycles. The van der Waals surface area contributed by atoms with Crippen molar-refractivity contribution in [2.24, 2.45) is 0 Å². The molecular weight excluding hydrogens is 316 g/mol. The van der Waals surface area contributed by atoms with Gasteiger partial charge in [-0.1, -0.05) is 29.8 Å². The fourth-order valence-corrected chi connectivity index (χ4v) is 3.62. The van der Waals surface area contributed by atoms with Crippen LogP contribution in [0.2, 0.25) is 5.02 Å². The second-order valence-electron chi connectivity index (χ2n) is 5.63. The minimum absolute atomic E-state index is 0.268. The second kappa shape index (κ2) is 7.02. The van der Waals surface area contributed by atoms with Gasteiger partial charge in [-0.2, -0.15) is 0 Å². The fraction of sp³-hybridized carbons (Fsp3) is 0.500. The van der Waals surface area contributed by atoms with Crippen molar-refractivity contribution in [1.29, 1.82) is 0 Å². The Kier molecular flexibility index (Phi) is 5.06. The predicted octanol–water partition coefficient (Wildman–Crippen LogP) is 4.19. The molecule has 1 aromatic carbocycles. The molecule has 22 heavy (non-hydrogen) atoms. The minimum Gasteiger partial charge on any atom is -0.294 e. The smallest absolute Gasteiger partial charge is 0.195 e. The van der Waals surface area contributed by atoms with Crippen LogP contribution >= 0.6 is 23.4 Å². The Morgan fingerprint density at radius 2 is 1.77 bits per heavy atom. The molecule has 6 heteroatoms. The summed E-state index contributed by atoms with van der Waals surface area (Å²) in [6, 6.07) is 8.15. The van der Waals surface area contributed by atoms with Gasteiger partial charge < -0.3 is 0 Å². The van der Waals surface area contributed by atoms with Crippen molar-refractivity contribution < 1.29 is 0 Å². The van der Waals surface area contributed by atoms with Gasteiger partial charge in [0.25, 0.3) is 0 Å². The van der Waals surface area contributed by atoms with Gasteiger partial charge in [-0.05, 0) is 63.4 Å². The first-order valence-electron chi connectivity index (χ1n) is 7.70. The molecule has 0 saturated carbocycles. The van der Waals surface area contributed by atoms with Crippen molar-refractivity contribution in [3.05, 3.63) is 35.1 Å². The standard InChI is InChI=1S/C16H21ClN4S/c1-12(20-10-4-3-5-11-20)15-18-19-16(22-2)21(15)14-8-6-13(17)7-9-14/h6-9,12H,3-5,10-11H2,1-2H3. The normalized spacial score (nSPS) is 17.6. The van der Waals surface area contributed by atoms with Crippen LogP contribution in [0.1, 0.15) is 38.1 Å². The number of thioether (sulfide) groups is 1. The number of hydrogen-bond acceptors (Lipinski definition) is 4. The van der Waals surface area contributed by atoms with Crippen LogP contribution in [0.3, 0.4) is 0 Å². The quantitative estimate of drug-likeness (QED) is 0.784. The number of aromatic nitrogens is 3. The number of rotatable bonds is 4. The molecule has 2 heterocycles. The number of nitrogens with zero attached hydrogens (tertiary/aromatic N) is 4. The monoisotopic (exact) mass is 336 g/mol. The summed E-state index contributed by atoms with van der Waals surface area (Å²) in [5.74, 6) is 1.01. The minimum atomic E-state index is 0.268. The summed E-state index contributed by atoms with van der Waals surface area (Å²) in [6.45, 7) is 4.51. The van der Waals surface area contributed by atoms with E-state index < -0.39 is 0 Å².